The second-order valence-corrected chi connectivity index (χ2v) is 7.40. The molecule has 12 heteroatoms. The molecular weight excluding hydrogens is 374 g/mol. The van der Waals surface area contributed by atoms with Crippen LogP contribution in [0.4, 0.5) is 35.4 Å². The van der Waals surface area contributed by atoms with Gasteiger partial charge in [-0.15, -0.1) is 7.77 Å². The zero-order valence-corrected chi connectivity index (χ0v) is 12.0. The molecule has 1 rings (SSSR count). The Balaban J connectivity index is 3.53. The number of rotatable bonds is 3. The topological polar surface area (TPSA) is 43.1 Å². The fraction of sp³-hybridized carbons (Fsp3) is 0.333. The Morgan fingerprint density at radius 2 is 1.43 bits per heavy atom. The van der Waals surface area contributed by atoms with Gasteiger partial charge in [-0.25, -0.2) is 4.21 Å². The van der Waals surface area contributed by atoms with Crippen LogP contribution < -0.4 is 5.73 Å². The minimum Gasteiger partial charge on any atom is -0.396 e. The number of nitrogen functional groups attached to an aromatic ring is 1. The van der Waals surface area contributed by atoms with Crippen molar-refractivity contribution in [3.63, 3.8) is 0 Å². The van der Waals surface area contributed by atoms with E-state index in [0.29, 0.717) is 0 Å². The minimum atomic E-state index is -8.23. The molecule has 0 saturated carbocycles. The predicted octanol–water partition coefficient (Wildman–Crippen LogP) is 5.07. The molecule has 0 saturated heterocycles. The molecule has 21 heavy (non-hydrogen) atoms. The normalized spacial score (nSPS) is 15.6. The molecule has 0 amide bonds. The second-order valence-electron chi connectivity index (χ2n) is 3.99. The zero-order valence-electron chi connectivity index (χ0n) is 9.66. The van der Waals surface area contributed by atoms with Crippen LogP contribution in [0, 0.1) is 0 Å². The third-order valence-electron chi connectivity index (χ3n) is 2.35. The standard InChI is InChI=1S/C9H6Cl2F7NOS/c10-5-1-4(2-6(11)7(5)19)21(17,18,20)9(15,16)3-8(12,13)14/h1-2H,3,19H2. The summed E-state index contributed by atoms with van der Waals surface area (Å²) in [7, 11) is -8.23. The van der Waals surface area contributed by atoms with Gasteiger partial charge in [0.1, 0.15) is 6.42 Å². The zero-order chi connectivity index (χ0) is 16.9. The summed E-state index contributed by atoms with van der Waals surface area (Å²) in [4.78, 5) is -1.91. The van der Waals surface area contributed by atoms with Gasteiger partial charge in [0.15, 0.2) is 0 Å². The molecule has 2 N–H and O–H groups in total. The van der Waals surface area contributed by atoms with E-state index < -0.39 is 48.3 Å². The summed E-state index contributed by atoms with van der Waals surface area (Å²) in [6.07, 6.45) is -8.93. The predicted molar refractivity (Wildman–Crippen MR) is 65.1 cm³/mol. The first-order chi connectivity index (χ1) is 9.06. The molecule has 0 aliphatic heterocycles. The summed E-state index contributed by atoms with van der Waals surface area (Å²) in [6.45, 7) is 0. The molecule has 0 aliphatic rings. The number of anilines is 1. The van der Waals surface area contributed by atoms with E-state index in [4.69, 9.17) is 28.9 Å². The highest BCUT2D eigenvalue weighted by atomic mass is 35.5. The Kier molecular flexibility index (Phi) is 4.26. The van der Waals surface area contributed by atoms with Crippen LogP contribution in [0.25, 0.3) is 0 Å². The molecule has 0 unspecified atom stereocenters. The van der Waals surface area contributed by atoms with Gasteiger partial charge < -0.3 is 5.73 Å². The van der Waals surface area contributed by atoms with Crippen molar-refractivity contribution >= 4 is 38.7 Å². The second kappa shape index (κ2) is 4.88. The van der Waals surface area contributed by atoms with Gasteiger partial charge in [0.2, 0.25) is 9.84 Å². The molecule has 0 heterocycles. The Hall–Kier alpha value is -0.740. The highest BCUT2D eigenvalue weighted by Crippen LogP contribution is 2.56. The van der Waals surface area contributed by atoms with Crippen LogP contribution in [0.5, 0.6) is 0 Å². The molecule has 1 aromatic rings. The van der Waals surface area contributed by atoms with E-state index in [0.717, 1.165) is 0 Å². The average Bonchev–Trinajstić information content (AvgIpc) is 2.20. The maximum absolute atomic E-state index is 13.8. The molecular formula is C9H6Cl2F7NOS. The van der Waals surface area contributed by atoms with Crippen LogP contribution in [0.3, 0.4) is 0 Å². The SMILES string of the molecule is Nc1c(Cl)cc(S(=O)(F)(F)C(F)(F)CC(F)(F)F)cc1Cl. The number of halogens is 9. The van der Waals surface area contributed by atoms with Crippen LogP contribution in [0.15, 0.2) is 17.0 Å². The van der Waals surface area contributed by atoms with Gasteiger partial charge in [-0.3, -0.25) is 0 Å². The van der Waals surface area contributed by atoms with Gasteiger partial charge >= 0.3 is 11.4 Å². The summed E-state index contributed by atoms with van der Waals surface area (Å²) < 4.78 is 101. The monoisotopic (exact) mass is 379 g/mol. The summed E-state index contributed by atoms with van der Waals surface area (Å²) in [6, 6.07) is 0.198. The number of alkyl halides is 5. The largest absolute Gasteiger partial charge is 0.396 e. The van der Waals surface area contributed by atoms with Gasteiger partial charge in [0, 0.05) is 0 Å². The quantitative estimate of drug-likeness (QED) is 0.452. The van der Waals surface area contributed by atoms with Crippen molar-refractivity contribution in [2.75, 3.05) is 5.73 Å². The van der Waals surface area contributed by atoms with E-state index in [2.05, 4.69) is 0 Å². The number of benzene rings is 1. The number of nitrogens with two attached hydrogens (primary N) is 1. The highest BCUT2D eigenvalue weighted by molar-refractivity contribution is 8.12. The number of hydrogen-bond acceptors (Lipinski definition) is 2. The first-order valence-corrected chi connectivity index (χ1v) is 7.38. The Morgan fingerprint density at radius 1 is 1.05 bits per heavy atom. The molecule has 0 atom stereocenters. The van der Waals surface area contributed by atoms with E-state index in [1.165, 1.54) is 0 Å². The maximum Gasteiger partial charge on any atom is 0.396 e. The van der Waals surface area contributed by atoms with Crippen LogP contribution in [-0.2, 0) is 9.84 Å². The van der Waals surface area contributed by atoms with E-state index in [9.17, 15) is 33.9 Å². The molecule has 0 spiro atoms. The van der Waals surface area contributed by atoms with Gasteiger partial charge in [-0.1, -0.05) is 23.2 Å². The molecule has 0 radical (unpaired) electrons. The Bertz CT molecular complexity index is 616. The van der Waals surface area contributed by atoms with Crippen LogP contribution in [0.1, 0.15) is 6.42 Å². The Labute approximate surface area is 124 Å². The van der Waals surface area contributed by atoms with Crippen molar-refractivity contribution in [1.82, 2.24) is 0 Å². The van der Waals surface area contributed by atoms with Gasteiger partial charge in [-0.05, 0) is 12.1 Å². The summed E-state index contributed by atoms with van der Waals surface area (Å²) in [5.74, 6) is 0. The van der Waals surface area contributed by atoms with Crippen molar-refractivity contribution in [2.45, 2.75) is 22.7 Å². The van der Waals surface area contributed by atoms with Crippen molar-refractivity contribution < 1.29 is 33.9 Å². The molecule has 122 valence electrons. The van der Waals surface area contributed by atoms with E-state index in [1.807, 2.05) is 0 Å². The fourth-order valence-corrected chi connectivity index (χ4v) is 3.28. The molecule has 0 fully saturated rings. The van der Waals surface area contributed by atoms with Crippen molar-refractivity contribution in [3.8, 4) is 0 Å². The molecule has 2 nitrogen and oxygen atoms in total. The lowest BCUT2D eigenvalue weighted by Crippen LogP contribution is -2.45. The van der Waals surface area contributed by atoms with Crippen LogP contribution >= 0.6 is 23.2 Å². The van der Waals surface area contributed by atoms with Gasteiger partial charge in [0.25, 0.3) is 0 Å². The smallest absolute Gasteiger partial charge is 0.396 e. The Morgan fingerprint density at radius 3 is 1.76 bits per heavy atom. The molecule has 0 aromatic heterocycles. The van der Waals surface area contributed by atoms with E-state index in [-0.39, 0.29) is 12.1 Å². The van der Waals surface area contributed by atoms with Crippen molar-refractivity contribution in [2.24, 2.45) is 0 Å². The lowest BCUT2D eigenvalue weighted by molar-refractivity contribution is -0.169. The van der Waals surface area contributed by atoms with E-state index in [1.54, 1.807) is 0 Å². The number of hydrogen-bond donors (Lipinski definition) is 1. The molecule has 0 aliphatic carbocycles. The summed E-state index contributed by atoms with van der Waals surface area (Å²) in [5.41, 5.74) is 4.71. The summed E-state index contributed by atoms with van der Waals surface area (Å²) >= 11 is 10.7. The first kappa shape index (κ1) is 18.3. The van der Waals surface area contributed by atoms with E-state index >= 15 is 0 Å². The van der Waals surface area contributed by atoms with Gasteiger partial charge in [-0.2, -0.15) is 22.0 Å². The van der Waals surface area contributed by atoms with Crippen LogP contribution in [0.2, 0.25) is 10.0 Å². The molecule has 1 aromatic carbocycles. The highest BCUT2D eigenvalue weighted by Gasteiger charge is 2.66. The lowest BCUT2D eigenvalue weighted by atomic mass is 10.3. The minimum absolute atomic E-state index is 0.0991. The third kappa shape index (κ3) is 3.37. The fourth-order valence-electron chi connectivity index (χ4n) is 1.28. The average molecular weight is 380 g/mol. The lowest BCUT2D eigenvalue weighted by Gasteiger charge is -2.33. The third-order valence-corrected chi connectivity index (χ3v) is 5.13. The van der Waals surface area contributed by atoms with Gasteiger partial charge in [0.05, 0.1) is 20.6 Å². The first-order valence-electron chi connectivity index (χ1n) is 4.86. The summed E-state index contributed by atoms with van der Waals surface area (Å²) in [5, 5.41) is -7.35. The molecule has 0 bridgehead atoms. The van der Waals surface area contributed by atoms with Crippen molar-refractivity contribution in [3.05, 3.63) is 22.2 Å². The van der Waals surface area contributed by atoms with Crippen LogP contribution in [-0.4, -0.2) is 15.6 Å². The van der Waals surface area contributed by atoms with Crippen molar-refractivity contribution in [1.29, 1.82) is 0 Å². The maximum atomic E-state index is 13.8.